The molecule has 0 aliphatic carbocycles. The first-order valence-corrected chi connectivity index (χ1v) is 14.4. The fourth-order valence-corrected chi connectivity index (χ4v) is 5.53. The molecule has 3 rings (SSSR count). The van der Waals surface area contributed by atoms with Crippen molar-refractivity contribution >= 4 is 39.1 Å². The van der Waals surface area contributed by atoms with E-state index in [0.717, 1.165) is 15.4 Å². The number of halogens is 1. The number of nitrogens with one attached hydrogen (secondary N) is 1. The van der Waals surface area contributed by atoms with E-state index in [2.05, 4.69) is 5.32 Å². The summed E-state index contributed by atoms with van der Waals surface area (Å²) in [5.74, 6) is -0.572. The second kappa shape index (κ2) is 12.9. The van der Waals surface area contributed by atoms with Gasteiger partial charge in [0.1, 0.15) is 12.6 Å². The van der Waals surface area contributed by atoms with Crippen molar-refractivity contribution in [1.29, 1.82) is 0 Å². The molecule has 38 heavy (non-hydrogen) atoms. The lowest BCUT2D eigenvalue weighted by atomic mass is 10.0. The van der Waals surface area contributed by atoms with Crippen LogP contribution in [0, 0.1) is 0 Å². The number of nitrogens with zero attached hydrogens (tertiary/aromatic N) is 2. The van der Waals surface area contributed by atoms with Crippen LogP contribution < -0.4 is 9.62 Å². The molecule has 0 spiro atoms. The largest absolute Gasteiger partial charge is 0.355 e. The number of carbonyl (C=O) groups is 2. The average Bonchev–Trinajstić information content (AvgIpc) is 2.91. The van der Waals surface area contributed by atoms with Gasteiger partial charge < -0.3 is 10.2 Å². The summed E-state index contributed by atoms with van der Waals surface area (Å²) in [6.07, 6.45) is 0. The topological polar surface area (TPSA) is 86.8 Å². The summed E-state index contributed by atoms with van der Waals surface area (Å²) in [5.41, 5.74) is 2.17. The van der Waals surface area contributed by atoms with Crippen LogP contribution in [0.25, 0.3) is 0 Å². The van der Waals surface area contributed by atoms with Crippen LogP contribution in [0.3, 0.4) is 0 Å². The van der Waals surface area contributed by atoms with Crippen LogP contribution in [-0.2, 0) is 26.2 Å². The number of carbonyl (C=O) groups excluding carboxylic acids is 2. The Kier molecular flexibility index (Phi) is 9.94. The minimum absolute atomic E-state index is 0.0711. The molecule has 0 radical (unpaired) electrons. The summed E-state index contributed by atoms with van der Waals surface area (Å²) in [4.78, 5) is 28.0. The summed E-state index contributed by atoms with van der Waals surface area (Å²) in [7, 11) is -4.08. The number of hydrogen-bond acceptors (Lipinski definition) is 4. The van der Waals surface area contributed by atoms with Gasteiger partial charge in [-0.2, -0.15) is 0 Å². The van der Waals surface area contributed by atoms with Gasteiger partial charge in [-0.15, -0.1) is 0 Å². The van der Waals surface area contributed by atoms with Gasteiger partial charge >= 0.3 is 0 Å². The predicted molar refractivity (Wildman–Crippen MR) is 152 cm³/mol. The third-order valence-electron chi connectivity index (χ3n) is 6.24. The predicted octanol–water partition coefficient (Wildman–Crippen LogP) is 5.21. The van der Waals surface area contributed by atoms with Crippen molar-refractivity contribution < 1.29 is 18.0 Å². The number of sulfonamides is 1. The molecule has 2 amide bonds. The molecule has 202 valence electrons. The highest BCUT2D eigenvalue weighted by atomic mass is 35.5. The number of anilines is 1. The van der Waals surface area contributed by atoms with Crippen LogP contribution in [0.2, 0.25) is 5.02 Å². The Morgan fingerprint density at radius 3 is 2.05 bits per heavy atom. The molecule has 0 fully saturated rings. The summed E-state index contributed by atoms with van der Waals surface area (Å²) >= 11 is 6.02. The maximum atomic E-state index is 13.8. The lowest BCUT2D eigenvalue weighted by Gasteiger charge is -2.32. The number of hydrogen-bond donors (Lipinski definition) is 1. The molecule has 0 saturated carbocycles. The molecule has 0 bridgehead atoms. The number of likely N-dealkylation sites (N-methyl/N-ethyl adjacent to an activating group) is 1. The summed E-state index contributed by atoms with van der Waals surface area (Å²) in [6, 6.07) is 21.3. The minimum atomic E-state index is -4.08. The lowest BCUT2D eigenvalue weighted by molar-refractivity contribution is -0.139. The maximum absolute atomic E-state index is 13.8. The Morgan fingerprint density at radius 1 is 0.895 bits per heavy atom. The zero-order valence-corrected chi connectivity index (χ0v) is 23.7. The zero-order valence-electron chi connectivity index (χ0n) is 22.1. The van der Waals surface area contributed by atoms with Crippen molar-refractivity contribution in [2.24, 2.45) is 0 Å². The molecule has 1 N–H and O–H groups in total. The second-order valence-electron chi connectivity index (χ2n) is 9.29. The highest BCUT2D eigenvalue weighted by Crippen LogP contribution is 2.26. The Hall–Kier alpha value is -3.36. The molecule has 9 heteroatoms. The summed E-state index contributed by atoms with van der Waals surface area (Å²) < 4.78 is 28.7. The second-order valence-corrected chi connectivity index (χ2v) is 11.6. The van der Waals surface area contributed by atoms with Crippen LogP contribution in [0.5, 0.6) is 0 Å². The Morgan fingerprint density at radius 2 is 1.50 bits per heavy atom. The van der Waals surface area contributed by atoms with E-state index in [1.54, 1.807) is 68.4 Å². The fraction of sp³-hybridized carbons (Fsp3) is 0.310. The van der Waals surface area contributed by atoms with E-state index in [1.807, 2.05) is 26.0 Å². The van der Waals surface area contributed by atoms with Crippen LogP contribution in [-0.4, -0.2) is 44.3 Å². The third-order valence-corrected chi connectivity index (χ3v) is 8.28. The zero-order chi connectivity index (χ0) is 27.9. The molecule has 3 aromatic rings. The minimum Gasteiger partial charge on any atom is -0.355 e. The van der Waals surface area contributed by atoms with Gasteiger partial charge in [-0.05, 0) is 67.3 Å². The molecule has 7 nitrogen and oxygen atoms in total. The molecular formula is C29H34ClN3O4S. The van der Waals surface area contributed by atoms with Crippen LogP contribution in [0.1, 0.15) is 44.7 Å². The summed E-state index contributed by atoms with van der Waals surface area (Å²) in [6.45, 7) is 7.57. The molecule has 1 atom stereocenters. The monoisotopic (exact) mass is 555 g/mol. The normalized spacial score (nSPS) is 12.2. The standard InChI is InChI=1S/C29H34ClN3O4S/c1-5-31-29(35)22(4)32(19-23-11-15-25(30)16-12-23)28(34)20-33(26-17-13-24(14-18-26)21(2)3)38(36,37)27-9-7-6-8-10-27/h6-18,21-22H,5,19-20H2,1-4H3,(H,31,35)/t22-/m0/s1. The molecule has 3 aromatic carbocycles. The van der Waals surface area contributed by atoms with Gasteiger partial charge in [-0.25, -0.2) is 8.42 Å². The Bertz CT molecular complexity index is 1330. The van der Waals surface area contributed by atoms with Gasteiger partial charge in [-0.1, -0.05) is 67.9 Å². The van der Waals surface area contributed by atoms with Gasteiger partial charge in [0.2, 0.25) is 11.8 Å². The molecule has 0 heterocycles. The smallest absolute Gasteiger partial charge is 0.264 e. The van der Waals surface area contributed by atoms with Crippen LogP contribution in [0.15, 0.2) is 83.8 Å². The van der Waals surface area contributed by atoms with E-state index in [9.17, 15) is 18.0 Å². The van der Waals surface area contributed by atoms with E-state index in [-0.39, 0.29) is 23.3 Å². The van der Waals surface area contributed by atoms with Crippen molar-refractivity contribution in [1.82, 2.24) is 10.2 Å². The number of rotatable bonds is 11. The van der Waals surface area contributed by atoms with Gasteiger partial charge in [0.15, 0.2) is 0 Å². The first kappa shape index (κ1) is 29.2. The van der Waals surface area contributed by atoms with Crippen molar-refractivity contribution in [2.75, 3.05) is 17.4 Å². The number of amides is 2. The van der Waals surface area contributed by atoms with E-state index in [4.69, 9.17) is 11.6 Å². The van der Waals surface area contributed by atoms with E-state index < -0.39 is 28.5 Å². The Labute approximate surface area is 230 Å². The van der Waals surface area contributed by atoms with Crippen molar-refractivity contribution in [3.05, 3.63) is 95.0 Å². The average molecular weight is 556 g/mol. The van der Waals surface area contributed by atoms with Crippen molar-refractivity contribution in [2.45, 2.75) is 51.1 Å². The van der Waals surface area contributed by atoms with Gasteiger partial charge in [-0.3, -0.25) is 13.9 Å². The SMILES string of the molecule is CCNC(=O)[C@H](C)N(Cc1ccc(Cl)cc1)C(=O)CN(c1ccc(C(C)C)cc1)S(=O)(=O)c1ccccc1. The molecule has 0 aliphatic rings. The maximum Gasteiger partial charge on any atom is 0.264 e. The molecule has 0 aromatic heterocycles. The first-order chi connectivity index (χ1) is 18.0. The van der Waals surface area contributed by atoms with Crippen LogP contribution in [0.4, 0.5) is 5.69 Å². The van der Waals surface area contributed by atoms with E-state index in [0.29, 0.717) is 17.3 Å². The van der Waals surface area contributed by atoms with E-state index >= 15 is 0 Å². The first-order valence-electron chi connectivity index (χ1n) is 12.5. The van der Waals surface area contributed by atoms with Crippen molar-refractivity contribution in [3.8, 4) is 0 Å². The lowest BCUT2D eigenvalue weighted by Crippen LogP contribution is -2.51. The molecular weight excluding hydrogens is 522 g/mol. The van der Waals surface area contributed by atoms with Crippen LogP contribution >= 0.6 is 11.6 Å². The van der Waals surface area contributed by atoms with Gasteiger partial charge in [0.25, 0.3) is 10.0 Å². The molecule has 0 saturated heterocycles. The highest BCUT2D eigenvalue weighted by molar-refractivity contribution is 7.92. The quantitative estimate of drug-likeness (QED) is 0.352. The third kappa shape index (κ3) is 7.14. The number of benzene rings is 3. The summed E-state index contributed by atoms with van der Waals surface area (Å²) in [5, 5.41) is 3.30. The van der Waals surface area contributed by atoms with Crippen molar-refractivity contribution in [3.63, 3.8) is 0 Å². The molecule has 0 unspecified atom stereocenters. The van der Waals surface area contributed by atoms with Gasteiger partial charge in [0, 0.05) is 18.1 Å². The van der Waals surface area contributed by atoms with Gasteiger partial charge in [0.05, 0.1) is 10.6 Å². The fourth-order valence-electron chi connectivity index (χ4n) is 3.96. The van der Waals surface area contributed by atoms with E-state index in [1.165, 1.54) is 17.0 Å². The highest BCUT2D eigenvalue weighted by Gasteiger charge is 2.32. The Balaban J connectivity index is 2.02. The molecule has 0 aliphatic heterocycles.